The third-order valence-electron chi connectivity index (χ3n) is 4.31. The van der Waals surface area contributed by atoms with E-state index in [4.69, 9.17) is 16.3 Å². The van der Waals surface area contributed by atoms with Crippen LogP contribution >= 0.6 is 11.6 Å². The Morgan fingerprint density at radius 1 is 0.875 bits per heavy atom. The summed E-state index contributed by atoms with van der Waals surface area (Å²) in [4.78, 5) is 0. The molecule has 2 aliphatic carbocycles. The van der Waals surface area contributed by atoms with Gasteiger partial charge in [-0.15, -0.1) is 11.6 Å². The van der Waals surface area contributed by atoms with E-state index in [1.807, 2.05) is 0 Å². The Morgan fingerprint density at radius 2 is 1.50 bits per heavy atom. The van der Waals surface area contributed by atoms with Gasteiger partial charge in [0.25, 0.3) is 0 Å². The summed E-state index contributed by atoms with van der Waals surface area (Å²) in [5, 5.41) is 0.253. The van der Waals surface area contributed by atoms with Crippen molar-refractivity contribution in [2.24, 2.45) is 11.8 Å². The van der Waals surface area contributed by atoms with Crippen LogP contribution in [0.2, 0.25) is 0 Å². The molecule has 2 rings (SSSR count). The van der Waals surface area contributed by atoms with Crippen molar-refractivity contribution in [2.45, 2.75) is 76.4 Å². The lowest BCUT2D eigenvalue weighted by Crippen LogP contribution is -2.36. The molecule has 0 aromatic heterocycles. The van der Waals surface area contributed by atoms with Crippen LogP contribution in [0.1, 0.15) is 58.8 Å². The fourth-order valence-corrected chi connectivity index (χ4v) is 3.54. The van der Waals surface area contributed by atoms with E-state index >= 15 is 0 Å². The minimum atomic E-state index is 0.253. The number of halogens is 1. The molecule has 16 heavy (non-hydrogen) atoms. The summed E-state index contributed by atoms with van der Waals surface area (Å²) in [6.07, 6.45) is 9.58. The van der Waals surface area contributed by atoms with E-state index in [1.54, 1.807) is 0 Å². The van der Waals surface area contributed by atoms with Gasteiger partial charge in [-0.1, -0.05) is 13.8 Å². The number of hydrogen-bond donors (Lipinski definition) is 0. The Balaban J connectivity index is 1.76. The van der Waals surface area contributed by atoms with Gasteiger partial charge in [0.15, 0.2) is 0 Å². The maximum Gasteiger partial charge on any atom is 0.0742 e. The van der Waals surface area contributed by atoms with E-state index < -0.39 is 0 Å². The fraction of sp³-hybridized carbons (Fsp3) is 1.00. The largest absolute Gasteiger partial charge is 0.373 e. The van der Waals surface area contributed by atoms with Crippen LogP contribution in [-0.2, 0) is 4.74 Å². The van der Waals surface area contributed by atoms with Gasteiger partial charge in [-0.25, -0.2) is 0 Å². The monoisotopic (exact) mass is 244 g/mol. The van der Waals surface area contributed by atoms with E-state index in [1.165, 1.54) is 38.5 Å². The lowest BCUT2D eigenvalue weighted by atomic mass is 9.86. The second-order valence-electron chi connectivity index (χ2n) is 5.99. The van der Waals surface area contributed by atoms with Gasteiger partial charge in [-0.3, -0.25) is 0 Å². The van der Waals surface area contributed by atoms with Gasteiger partial charge >= 0.3 is 0 Å². The van der Waals surface area contributed by atoms with E-state index in [0.29, 0.717) is 12.2 Å². The molecule has 0 saturated heterocycles. The zero-order valence-corrected chi connectivity index (χ0v) is 11.4. The van der Waals surface area contributed by atoms with Crippen molar-refractivity contribution in [1.29, 1.82) is 0 Å². The molecular weight excluding hydrogens is 220 g/mol. The minimum Gasteiger partial charge on any atom is -0.373 e. The summed E-state index contributed by atoms with van der Waals surface area (Å²) in [7, 11) is 0. The molecule has 0 aromatic rings. The molecule has 2 fully saturated rings. The van der Waals surface area contributed by atoms with E-state index in [0.717, 1.165) is 18.3 Å². The topological polar surface area (TPSA) is 9.23 Å². The van der Waals surface area contributed by atoms with Crippen LogP contribution < -0.4 is 0 Å². The quantitative estimate of drug-likeness (QED) is 0.655. The highest BCUT2D eigenvalue weighted by Gasteiger charge is 2.30. The van der Waals surface area contributed by atoms with Crippen molar-refractivity contribution in [1.82, 2.24) is 0 Å². The molecule has 0 amide bonds. The normalized spacial score (nSPS) is 45.6. The molecule has 0 radical (unpaired) electrons. The molecule has 1 nitrogen and oxygen atoms in total. The first kappa shape index (κ1) is 12.7. The number of hydrogen-bond acceptors (Lipinski definition) is 1. The van der Waals surface area contributed by atoms with Crippen molar-refractivity contribution in [3.05, 3.63) is 0 Å². The summed E-state index contributed by atoms with van der Waals surface area (Å²) >= 11 is 6.40. The van der Waals surface area contributed by atoms with Crippen LogP contribution in [0, 0.1) is 11.8 Å². The predicted octanol–water partition coefficient (Wildman–Crippen LogP) is 4.38. The third-order valence-corrected chi connectivity index (χ3v) is 4.76. The van der Waals surface area contributed by atoms with Crippen molar-refractivity contribution in [3.8, 4) is 0 Å². The zero-order chi connectivity index (χ0) is 11.5. The molecule has 0 N–H and O–H groups in total. The van der Waals surface area contributed by atoms with Gasteiger partial charge in [0, 0.05) is 0 Å². The van der Waals surface area contributed by atoms with Crippen molar-refractivity contribution in [2.75, 3.05) is 0 Å². The zero-order valence-electron chi connectivity index (χ0n) is 10.6. The molecule has 3 atom stereocenters. The Bertz CT molecular complexity index is 211. The predicted molar refractivity (Wildman–Crippen MR) is 68.9 cm³/mol. The van der Waals surface area contributed by atoms with Crippen LogP contribution in [0.5, 0.6) is 0 Å². The molecule has 0 bridgehead atoms. The van der Waals surface area contributed by atoms with E-state index in [2.05, 4.69) is 13.8 Å². The summed E-state index contributed by atoms with van der Waals surface area (Å²) in [5.74, 6) is 1.69. The highest BCUT2D eigenvalue weighted by atomic mass is 35.5. The fourth-order valence-electron chi connectivity index (χ4n) is 3.05. The molecule has 94 valence electrons. The molecule has 0 aromatic carbocycles. The second kappa shape index (κ2) is 5.73. The number of ether oxygens (including phenoxy) is 1. The Morgan fingerprint density at radius 3 is 2.12 bits per heavy atom. The molecular formula is C14H25ClO. The molecule has 2 saturated carbocycles. The van der Waals surface area contributed by atoms with Gasteiger partial charge in [-0.2, -0.15) is 0 Å². The van der Waals surface area contributed by atoms with Crippen LogP contribution in [-0.4, -0.2) is 17.6 Å². The Labute approximate surface area is 105 Å². The Kier molecular flexibility index (Phi) is 4.55. The highest BCUT2D eigenvalue weighted by Crippen LogP contribution is 2.33. The molecule has 0 spiro atoms. The lowest BCUT2D eigenvalue weighted by Gasteiger charge is -2.35. The standard InChI is InChI=1S/C14H25ClO/c1-10-3-6-12(7-4-10)16-14-8-5-11(2)9-13(14)15/h10-14H,3-9H2,1-2H3. The molecule has 3 unspecified atom stereocenters. The van der Waals surface area contributed by atoms with Gasteiger partial charge < -0.3 is 4.74 Å². The van der Waals surface area contributed by atoms with Crippen LogP contribution in [0.15, 0.2) is 0 Å². The van der Waals surface area contributed by atoms with Gasteiger partial charge in [0.2, 0.25) is 0 Å². The van der Waals surface area contributed by atoms with Gasteiger partial charge in [-0.05, 0) is 56.8 Å². The molecule has 0 heterocycles. The first-order chi connectivity index (χ1) is 7.65. The average Bonchev–Trinajstić information content (AvgIpc) is 2.25. The minimum absolute atomic E-state index is 0.253. The maximum absolute atomic E-state index is 6.40. The molecule has 2 aliphatic rings. The first-order valence-corrected chi connectivity index (χ1v) is 7.38. The van der Waals surface area contributed by atoms with Gasteiger partial charge in [0.05, 0.1) is 17.6 Å². The van der Waals surface area contributed by atoms with Crippen LogP contribution in [0.25, 0.3) is 0 Å². The smallest absolute Gasteiger partial charge is 0.0742 e. The third kappa shape index (κ3) is 3.37. The summed E-state index contributed by atoms with van der Waals surface area (Å²) in [6.45, 7) is 4.65. The number of rotatable bonds is 2. The van der Waals surface area contributed by atoms with Crippen LogP contribution in [0.3, 0.4) is 0 Å². The van der Waals surface area contributed by atoms with E-state index in [-0.39, 0.29) is 5.38 Å². The first-order valence-electron chi connectivity index (χ1n) is 6.94. The van der Waals surface area contributed by atoms with Crippen molar-refractivity contribution >= 4 is 11.6 Å². The maximum atomic E-state index is 6.40. The van der Waals surface area contributed by atoms with Crippen LogP contribution in [0.4, 0.5) is 0 Å². The summed E-state index contributed by atoms with van der Waals surface area (Å²) < 4.78 is 6.21. The Hall–Kier alpha value is 0.250. The van der Waals surface area contributed by atoms with Crippen molar-refractivity contribution < 1.29 is 4.74 Å². The molecule has 0 aliphatic heterocycles. The SMILES string of the molecule is CC1CCC(OC2CCC(C)CC2Cl)CC1. The lowest BCUT2D eigenvalue weighted by molar-refractivity contribution is -0.0523. The summed E-state index contributed by atoms with van der Waals surface area (Å²) in [5.41, 5.74) is 0. The second-order valence-corrected chi connectivity index (χ2v) is 6.55. The average molecular weight is 245 g/mol. The number of alkyl halides is 1. The highest BCUT2D eigenvalue weighted by molar-refractivity contribution is 6.21. The molecule has 2 heteroatoms. The van der Waals surface area contributed by atoms with E-state index in [9.17, 15) is 0 Å². The van der Waals surface area contributed by atoms with Gasteiger partial charge in [0.1, 0.15) is 0 Å². The van der Waals surface area contributed by atoms with Crippen molar-refractivity contribution in [3.63, 3.8) is 0 Å². The summed E-state index contributed by atoms with van der Waals surface area (Å²) in [6, 6.07) is 0.